The Hall–Kier alpha value is -2.29. The van der Waals surface area contributed by atoms with E-state index in [9.17, 15) is 0 Å². The van der Waals surface area contributed by atoms with Gasteiger partial charge < -0.3 is 31.9 Å². The fourth-order valence-corrected chi connectivity index (χ4v) is 6.22. The van der Waals surface area contributed by atoms with Crippen LogP contribution in [0.25, 0.3) is 22.3 Å². The Labute approximate surface area is 331 Å². The molecule has 0 amide bonds. The topological polar surface area (TPSA) is 72.2 Å². The summed E-state index contributed by atoms with van der Waals surface area (Å²) in [5, 5.41) is 21.6. The lowest BCUT2D eigenvalue weighted by molar-refractivity contribution is 0.520. The molecule has 0 spiro atoms. The summed E-state index contributed by atoms with van der Waals surface area (Å²) in [4.78, 5) is 0. The zero-order chi connectivity index (χ0) is 37.4. The zero-order valence-electron chi connectivity index (χ0n) is 34.6. The smallest absolute Gasteiger partial charge is 0.0205 e. The zero-order valence-corrected chi connectivity index (χ0v) is 35.5. The molecule has 0 aliphatic rings. The molecule has 6 N–H and O–H groups in total. The van der Waals surface area contributed by atoms with Crippen molar-refractivity contribution in [1.29, 1.82) is 0 Å². The third-order valence-electron chi connectivity index (χ3n) is 9.60. The second-order valence-corrected chi connectivity index (χ2v) is 16.6. The molecule has 0 aliphatic heterocycles. The Morgan fingerprint density at radius 3 is 1.15 bits per heavy atom. The predicted molar refractivity (Wildman–Crippen MR) is 236 cm³/mol. The van der Waals surface area contributed by atoms with E-state index in [-0.39, 0.29) is 17.8 Å². The van der Waals surface area contributed by atoms with Crippen molar-refractivity contribution in [3.63, 3.8) is 0 Å². The summed E-state index contributed by atoms with van der Waals surface area (Å²) in [5.74, 6) is 1.56. The third-order valence-corrected chi connectivity index (χ3v) is 9.60. The standard InChI is InChI=1S/C46H76N6.ClH/c1-37(2)18-28-49-24-10-20-47-22-12-26-51-35-39-14-8-16-41(30-39)43-32-44(34-45(33-43)46(5,6)7)42-17-9-15-40(31-42)36-52-27-13-23-48-21-11-25-50-29-19-38(3)4;/h8-9,14-17,30-34,37-38,47-52H,10-13,18-29,35-36H2,1-7H3;1H. The average Bonchev–Trinajstić information content (AvgIpc) is 3.12. The molecule has 6 nitrogen and oxygen atoms in total. The molecule has 298 valence electrons. The normalized spacial score (nSPS) is 11.8. The largest absolute Gasteiger partial charge is 0.317 e. The van der Waals surface area contributed by atoms with Crippen molar-refractivity contribution in [2.75, 3.05) is 65.4 Å². The predicted octanol–water partition coefficient (Wildman–Crippen LogP) is 8.93. The molecular weight excluding hydrogens is 672 g/mol. The molecule has 0 saturated carbocycles. The minimum absolute atomic E-state index is 0. The summed E-state index contributed by atoms with van der Waals surface area (Å²) in [7, 11) is 0. The molecule has 0 radical (unpaired) electrons. The average molecular weight is 750 g/mol. The van der Waals surface area contributed by atoms with E-state index in [0.717, 1.165) is 103 Å². The highest BCUT2D eigenvalue weighted by atomic mass is 35.5. The first-order valence-corrected chi connectivity index (χ1v) is 20.7. The lowest BCUT2D eigenvalue weighted by Crippen LogP contribution is -2.25. The number of nitrogens with one attached hydrogen (secondary N) is 6. The SMILES string of the molecule is CC(C)CCNCCCNCCCNCc1cccc(-c2cc(-c3cccc(CNCCCNCCCNCCC(C)C)c3)cc(C(C)(C)C)c2)c1.Cl. The van der Waals surface area contributed by atoms with Gasteiger partial charge in [0.05, 0.1) is 0 Å². The molecule has 53 heavy (non-hydrogen) atoms. The van der Waals surface area contributed by atoms with Crippen LogP contribution in [0.1, 0.15) is 104 Å². The number of benzene rings is 3. The first kappa shape index (κ1) is 46.9. The molecule has 3 aromatic rings. The first-order valence-electron chi connectivity index (χ1n) is 20.7. The van der Waals surface area contributed by atoms with Gasteiger partial charge >= 0.3 is 0 Å². The van der Waals surface area contributed by atoms with Gasteiger partial charge in [-0.15, -0.1) is 12.4 Å². The van der Waals surface area contributed by atoms with Crippen LogP contribution in [0.4, 0.5) is 0 Å². The number of halogens is 1. The van der Waals surface area contributed by atoms with Gasteiger partial charge in [-0.3, -0.25) is 0 Å². The van der Waals surface area contributed by atoms with Gasteiger partial charge in [-0.25, -0.2) is 0 Å². The van der Waals surface area contributed by atoms with Crippen LogP contribution in [0.15, 0.2) is 66.7 Å². The Morgan fingerprint density at radius 1 is 0.434 bits per heavy atom. The molecule has 0 unspecified atom stereocenters. The maximum Gasteiger partial charge on any atom is 0.0205 e. The molecule has 0 aliphatic carbocycles. The molecule has 0 saturated heterocycles. The van der Waals surface area contributed by atoms with Crippen molar-refractivity contribution in [2.24, 2.45) is 11.8 Å². The number of hydrogen-bond acceptors (Lipinski definition) is 6. The van der Waals surface area contributed by atoms with E-state index >= 15 is 0 Å². The minimum Gasteiger partial charge on any atom is -0.317 e. The second kappa shape index (κ2) is 27.3. The van der Waals surface area contributed by atoms with Gasteiger partial charge in [-0.1, -0.05) is 97.0 Å². The minimum atomic E-state index is 0. The van der Waals surface area contributed by atoms with E-state index in [2.05, 4.69) is 147 Å². The van der Waals surface area contributed by atoms with E-state index in [4.69, 9.17) is 0 Å². The van der Waals surface area contributed by atoms with Gasteiger partial charge in [0.1, 0.15) is 0 Å². The Kier molecular flexibility index (Phi) is 24.2. The van der Waals surface area contributed by atoms with Crippen LogP contribution in [0, 0.1) is 11.8 Å². The van der Waals surface area contributed by atoms with Gasteiger partial charge in [0.15, 0.2) is 0 Å². The van der Waals surface area contributed by atoms with E-state index in [1.165, 1.54) is 64.6 Å². The van der Waals surface area contributed by atoms with E-state index in [1.54, 1.807) is 0 Å². The summed E-state index contributed by atoms with van der Waals surface area (Å²) in [6.07, 6.45) is 7.18. The Bertz CT molecular complexity index is 1270. The lowest BCUT2D eigenvalue weighted by atomic mass is 9.83. The molecular formula is C46H77ClN6. The van der Waals surface area contributed by atoms with E-state index < -0.39 is 0 Å². The number of hydrogen-bond donors (Lipinski definition) is 6. The molecule has 0 bridgehead atoms. The number of rotatable bonds is 28. The summed E-state index contributed by atoms with van der Waals surface area (Å²) >= 11 is 0. The molecule has 0 aromatic heterocycles. The summed E-state index contributed by atoms with van der Waals surface area (Å²) in [6, 6.07) is 25.3. The molecule has 3 aromatic carbocycles. The summed E-state index contributed by atoms with van der Waals surface area (Å²) in [6.45, 7) is 28.7. The van der Waals surface area contributed by atoms with Crippen LogP contribution in [0.5, 0.6) is 0 Å². The van der Waals surface area contributed by atoms with Gasteiger partial charge in [-0.2, -0.15) is 0 Å². The molecule has 7 heteroatoms. The van der Waals surface area contributed by atoms with Gasteiger partial charge in [0.2, 0.25) is 0 Å². The quantitative estimate of drug-likeness (QED) is 0.0417. The summed E-state index contributed by atoms with van der Waals surface area (Å²) in [5.41, 5.74) is 9.22. The van der Waals surface area contributed by atoms with Crippen LogP contribution < -0.4 is 31.9 Å². The van der Waals surface area contributed by atoms with Crippen LogP contribution in [0.3, 0.4) is 0 Å². The van der Waals surface area contributed by atoms with E-state index in [0.29, 0.717) is 0 Å². The van der Waals surface area contributed by atoms with Crippen LogP contribution in [-0.2, 0) is 18.5 Å². The highest BCUT2D eigenvalue weighted by molar-refractivity contribution is 5.85. The molecule has 0 heterocycles. The highest BCUT2D eigenvalue weighted by Gasteiger charge is 2.17. The van der Waals surface area contributed by atoms with E-state index in [1.807, 2.05) is 0 Å². The van der Waals surface area contributed by atoms with Crippen LogP contribution in [0.2, 0.25) is 0 Å². The second-order valence-electron chi connectivity index (χ2n) is 16.6. The Balaban J connectivity index is 0.00000972. The molecule has 0 atom stereocenters. The lowest BCUT2D eigenvalue weighted by Gasteiger charge is -2.22. The Morgan fingerprint density at radius 2 is 0.792 bits per heavy atom. The fourth-order valence-electron chi connectivity index (χ4n) is 6.22. The van der Waals surface area contributed by atoms with Crippen LogP contribution >= 0.6 is 12.4 Å². The first-order chi connectivity index (χ1) is 25.1. The molecule has 3 rings (SSSR count). The van der Waals surface area contributed by atoms with Crippen molar-refractivity contribution in [3.05, 3.63) is 83.4 Å². The van der Waals surface area contributed by atoms with Crippen molar-refractivity contribution >= 4 is 12.4 Å². The fraction of sp³-hybridized carbons (Fsp3) is 0.609. The van der Waals surface area contributed by atoms with Gasteiger partial charge in [0.25, 0.3) is 0 Å². The third kappa shape index (κ3) is 20.8. The maximum atomic E-state index is 3.67. The highest BCUT2D eigenvalue weighted by Crippen LogP contribution is 2.34. The van der Waals surface area contributed by atoms with Crippen LogP contribution in [-0.4, -0.2) is 65.4 Å². The van der Waals surface area contributed by atoms with Gasteiger partial charge in [0, 0.05) is 13.1 Å². The van der Waals surface area contributed by atoms with Crippen molar-refractivity contribution in [3.8, 4) is 22.3 Å². The summed E-state index contributed by atoms with van der Waals surface area (Å²) < 4.78 is 0. The van der Waals surface area contributed by atoms with Crippen molar-refractivity contribution < 1.29 is 0 Å². The van der Waals surface area contributed by atoms with Crippen molar-refractivity contribution in [2.45, 2.75) is 105 Å². The monoisotopic (exact) mass is 749 g/mol. The van der Waals surface area contributed by atoms with Crippen molar-refractivity contribution in [1.82, 2.24) is 31.9 Å². The molecule has 0 fully saturated rings. The van der Waals surface area contributed by atoms with Gasteiger partial charge in [-0.05, 0) is 178 Å². The maximum absolute atomic E-state index is 3.67.